The van der Waals surface area contributed by atoms with Crippen LogP contribution in [0.25, 0.3) is 0 Å². The summed E-state index contributed by atoms with van der Waals surface area (Å²) >= 11 is 7.14. The van der Waals surface area contributed by atoms with Crippen LogP contribution in [0.4, 0.5) is 4.39 Å². The number of nitrogens with one attached hydrogen (secondary N) is 1. The average molecular weight is 309 g/mol. The maximum Gasteiger partial charge on any atom is 0.128 e. The van der Waals surface area contributed by atoms with Gasteiger partial charge in [0.05, 0.1) is 5.04 Å². The van der Waals surface area contributed by atoms with Gasteiger partial charge in [-0.15, -0.1) is 24.2 Å². The van der Waals surface area contributed by atoms with Crippen molar-refractivity contribution in [1.29, 1.82) is 5.41 Å². The molecule has 0 bridgehead atoms. The van der Waals surface area contributed by atoms with E-state index in [2.05, 4.69) is 0 Å². The monoisotopic (exact) mass is 308 g/mol. The van der Waals surface area contributed by atoms with Gasteiger partial charge in [0, 0.05) is 36.6 Å². The zero-order valence-electron chi connectivity index (χ0n) is 10.1. The van der Waals surface area contributed by atoms with Crippen molar-refractivity contribution >= 4 is 40.8 Å². The molecule has 1 aromatic carbocycles. The lowest BCUT2D eigenvalue weighted by molar-refractivity contribution is 0.564. The molecule has 0 aromatic heterocycles. The number of benzene rings is 1. The second-order valence-corrected chi connectivity index (χ2v) is 5.06. The lowest BCUT2D eigenvalue weighted by Gasteiger charge is -2.06. The normalized spacial score (nSPS) is 10.2. The fourth-order valence-corrected chi connectivity index (χ4v) is 2.14. The Balaban J connectivity index is 0.00000289. The Morgan fingerprint density at radius 1 is 1.50 bits per heavy atom. The third kappa shape index (κ3) is 5.76. The van der Waals surface area contributed by atoms with Crippen LogP contribution < -0.4 is 0 Å². The second kappa shape index (κ2) is 8.40. The zero-order valence-corrected chi connectivity index (χ0v) is 12.5. The second-order valence-electron chi connectivity index (χ2n) is 3.63. The molecule has 100 valence electrons. The summed E-state index contributed by atoms with van der Waals surface area (Å²) in [6.45, 7) is 0. The minimum atomic E-state index is -0.325. The molecule has 6 heteroatoms. The smallest absolute Gasteiger partial charge is 0.128 e. The minimum absolute atomic E-state index is 0. The molecule has 0 atom stereocenters. The molecule has 0 saturated carbocycles. The van der Waals surface area contributed by atoms with Gasteiger partial charge >= 0.3 is 0 Å². The predicted octanol–water partition coefficient (Wildman–Crippen LogP) is 4.19. The highest BCUT2D eigenvalue weighted by Gasteiger charge is 2.07. The Morgan fingerprint density at radius 2 is 2.17 bits per heavy atom. The number of hydrogen-bond acceptors (Lipinski definition) is 3. The molecule has 0 heterocycles. The van der Waals surface area contributed by atoms with Gasteiger partial charge in [0.2, 0.25) is 0 Å². The summed E-state index contributed by atoms with van der Waals surface area (Å²) in [5, 5.41) is 8.43. The van der Waals surface area contributed by atoms with Crippen molar-refractivity contribution in [3.63, 3.8) is 0 Å². The quantitative estimate of drug-likeness (QED) is 0.667. The molecule has 0 amide bonds. The van der Waals surface area contributed by atoms with E-state index in [-0.39, 0.29) is 18.2 Å². The van der Waals surface area contributed by atoms with E-state index in [9.17, 15) is 4.39 Å². The highest BCUT2D eigenvalue weighted by atomic mass is 35.5. The summed E-state index contributed by atoms with van der Waals surface area (Å²) < 4.78 is 13.4. The van der Waals surface area contributed by atoms with Crippen LogP contribution >= 0.6 is 35.8 Å². The summed E-state index contributed by atoms with van der Waals surface area (Å²) in [4.78, 5) is 1.84. The highest BCUT2D eigenvalue weighted by Crippen LogP contribution is 2.24. The van der Waals surface area contributed by atoms with E-state index in [0.29, 0.717) is 21.4 Å². The molecule has 0 aliphatic heterocycles. The summed E-state index contributed by atoms with van der Waals surface area (Å²) in [7, 11) is 3.75. The molecular weight excluding hydrogens is 294 g/mol. The van der Waals surface area contributed by atoms with Crippen LogP contribution in [-0.4, -0.2) is 24.0 Å². The minimum Gasteiger partial charge on any atom is -0.383 e. The Bertz CT molecular complexity index is 416. The Labute approximate surface area is 122 Å². The average Bonchev–Trinajstić information content (AvgIpc) is 2.25. The van der Waals surface area contributed by atoms with E-state index in [1.54, 1.807) is 24.4 Å². The lowest BCUT2D eigenvalue weighted by atomic mass is 10.2. The standard InChI is InChI=1S/C12H14ClFN2S.ClH/c1-16(2)7-6-12(15)17-8-9-10(13)4-3-5-11(9)14;/h3-7,15H,8H2,1-2H3;1H/b7-6+,15-12?;. The molecular formula is C12H15Cl2FN2S. The molecule has 1 rings (SSSR count). The van der Waals surface area contributed by atoms with Gasteiger partial charge in [0.15, 0.2) is 0 Å². The molecule has 0 unspecified atom stereocenters. The highest BCUT2D eigenvalue weighted by molar-refractivity contribution is 8.13. The van der Waals surface area contributed by atoms with Crippen molar-refractivity contribution in [3.05, 3.63) is 46.9 Å². The fourth-order valence-electron chi connectivity index (χ4n) is 1.09. The Kier molecular flexibility index (Phi) is 8.07. The third-order valence-corrected chi connectivity index (χ3v) is 3.19. The van der Waals surface area contributed by atoms with E-state index in [1.165, 1.54) is 17.8 Å². The molecule has 18 heavy (non-hydrogen) atoms. The van der Waals surface area contributed by atoms with Crippen LogP contribution in [0.1, 0.15) is 5.56 Å². The van der Waals surface area contributed by atoms with Crippen molar-refractivity contribution in [2.45, 2.75) is 5.75 Å². The lowest BCUT2D eigenvalue weighted by Crippen LogP contribution is -2.01. The molecule has 0 spiro atoms. The van der Waals surface area contributed by atoms with Crippen LogP contribution in [0.5, 0.6) is 0 Å². The molecule has 0 radical (unpaired) electrons. The van der Waals surface area contributed by atoms with Crippen molar-refractivity contribution in [1.82, 2.24) is 4.90 Å². The molecule has 2 nitrogen and oxygen atoms in total. The first-order valence-electron chi connectivity index (χ1n) is 4.99. The van der Waals surface area contributed by atoms with Gasteiger partial charge in [-0.25, -0.2) is 4.39 Å². The summed E-state index contributed by atoms with van der Waals surface area (Å²) in [5.41, 5.74) is 0.446. The Hall–Kier alpha value is -0.710. The molecule has 0 aliphatic rings. The van der Waals surface area contributed by atoms with Gasteiger partial charge in [0.1, 0.15) is 5.82 Å². The van der Waals surface area contributed by atoms with Crippen molar-refractivity contribution in [3.8, 4) is 0 Å². The maximum atomic E-state index is 13.4. The summed E-state index contributed by atoms with van der Waals surface area (Å²) in [6, 6.07) is 4.60. The largest absolute Gasteiger partial charge is 0.383 e. The van der Waals surface area contributed by atoms with Crippen LogP contribution in [0, 0.1) is 11.2 Å². The van der Waals surface area contributed by atoms with Crippen LogP contribution in [0.2, 0.25) is 5.02 Å². The van der Waals surface area contributed by atoms with Gasteiger partial charge in [-0.2, -0.15) is 0 Å². The first kappa shape index (κ1) is 17.3. The van der Waals surface area contributed by atoms with E-state index in [0.717, 1.165) is 0 Å². The van der Waals surface area contributed by atoms with Crippen molar-refractivity contribution in [2.24, 2.45) is 0 Å². The van der Waals surface area contributed by atoms with Crippen LogP contribution in [0.15, 0.2) is 30.5 Å². The van der Waals surface area contributed by atoms with Gasteiger partial charge in [-0.05, 0) is 18.2 Å². The number of halogens is 3. The van der Waals surface area contributed by atoms with Gasteiger partial charge in [0.25, 0.3) is 0 Å². The number of hydrogen-bond donors (Lipinski definition) is 1. The molecule has 0 saturated heterocycles. The van der Waals surface area contributed by atoms with Crippen molar-refractivity contribution in [2.75, 3.05) is 14.1 Å². The first-order valence-corrected chi connectivity index (χ1v) is 6.36. The van der Waals surface area contributed by atoms with Gasteiger partial charge in [-0.3, -0.25) is 5.41 Å². The van der Waals surface area contributed by atoms with E-state index in [1.807, 2.05) is 19.0 Å². The topological polar surface area (TPSA) is 27.1 Å². The Morgan fingerprint density at radius 3 is 2.72 bits per heavy atom. The number of nitrogens with zero attached hydrogens (tertiary/aromatic N) is 1. The zero-order chi connectivity index (χ0) is 12.8. The molecule has 1 N–H and O–H groups in total. The van der Waals surface area contributed by atoms with Crippen molar-refractivity contribution < 1.29 is 4.39 Å². The number of thioether (sulfide) groups is 1. The fraction of sp³-hybridized carbons (Fsp3) is 0.250. The maximum absolute atomic E-state index is 13.4. The molecule has 0 fully saturated rings. The molecule has 0 aliphatic carbocycles. The summed E-state index contributed by atoms with van der Waals surface area (Å²) in [5.74, 6) is 0.0386. The third-order valence-electron chi connectivity index (χ3n) is 1.96. The van der Waals surface area contributed by atoms with Crippen LogP contribution in [0.3, 0.4) is 0 Å². The summed E-state index contributed by atoms with van der Waals surface area (Å²) in [6.07, 6.45) is 3.44. The predicted molar refractivity (Wildman–Crippen MR) is 80.5 cm³/mol. The number of rotatable bonds is 4. The molecule has 1 aromatic rings. The first-order chi connectivity index (χ1) is 8.00. The SMILES string of the molecule is CN(C)/C=C/C(=N)SCc1c(F)cccc1Cl.Cl. The van der Waals surface area contributed by atoms with E-state index in [4.69, 9.17) is 17.0 Å². The van der Waals surface area contributed by atoms with E-state index < -0.39 is 0 Å². The van der Waals surface area contributed by atoms with E-state index >= 15 is 0 Å². The van der Waals surface area contributed by atoms with Gasteiger partial charge in [-0.1, -0.05) is 17.7 Å². The van der Waals surface area contributed by atoms with Crippen LogP contribution in [-0.2, 0) is 5.75 Å². The van der Waals surface area contributed by atoms with Gasteiger partial charge < -0.3 is 4.90 Å².